The third-order valence-corrected chi connectivity index (χ3v) is 3.64. The molecule has 144 valence electrons. The molecule has 1 N–H and O–H groups in total. The minimum Gasteiger partial charge on any atom is -0.497 e. The van der Waals surface area contributed by atoms with Crippen molar-refractivity contribution < 1.29 is 33.3 Å². The first kappa shape index (κ1) is 19.9. The van der Waals surface area contributed by atoms with E-state index in [1.54, 1.807) is 30.3 Å². The van der Waals surface area contributed by atoms with Crippen molar-refractivity contribution in [2.45, 2.75) is 0 Å². The van der Waals surface area contributed by atoms with Crippen LogP contribution >= 0.6 is 0 Å². The van der Waals surface area contributed by atoms with Gasteiger partial charge in [0.25, 0.3) is 5.91 Å². The summed E-state index contributed by atoms with van der Waals surface area (Å²) in [5.41, 5.74) is 0.588. The van der Waals surface area contributed by atoms with E-state index in [1.807, 2.05) is 0 Å². The fraction of sp³-hybridized carbons (Fsp3) is 0.263. The van der Waals surface area contributed by atoms with E-state index in [4.69, 9.17) is 23.7 Å². The van der Waals surface area contributed by atoms with Gasteiger partial charge in [0.2, 0.25) is 0 Å². The smallest absolute Gasteiger partial charge is 0.342 e. The van der Waals surface area contributed by atoms with E-state index >= 15 is 0 Å². The molecule has 2 aromatic rings. The number of hydrogen-bond donors (Lipinski definition) is 1. The van der Waals surface area contributed by atoms with Crippen molar-refractivity contribution in [1.29, 1.82) is 0 Å². The van der Waals surface area contributed by atoms with Gasteiger partial charge in [-0.15, -0.1) is 0 Å². The van der Waals surface area contributed by atoms with Crippen molar-refractivity contribution in [3.63, 3.8) is 0 Å². The average Bonchev–Trinajstić information content (AvgIpc) is 2.71. The first-order valence-corrected chi connectivity index (χ1v) is 7.93. The molecule has 2 rings (SSSR count). The van der Waals surface area contributed by atoms with Gasteiger partial charge in [-0.25, -0.2) is 4.79 Å². The van der Waals surface area contributed by atoms with Gasteiger partial charge in [-0.2, -0.15) is 0 Å². The van der Waals surface area contributed by atoms with E-state index in [1.165, 1.54) is 34.5 Å². The van der Waals surface area contributed by atoms with Crippen LogP contribution in [0.2, 0.25) is 0 Å². The lowest BCUT2D eigenvalue weighted by atomic mass is 10.2. The van der Waals surface area contributed by atoms with Crippen LogP contribution in [0.15, 0.2) is 36.4 Å². The second-order valence-corrected chi connectivity index (χ2v) is 5.26. The molecule has 0 radical (unpaired) electrons. The number of amides is 1. The quantitative estimate of drug-likeness (QED) is 0.709. The Morgan fingerprint density at radius 2 is 1.44 bits per heavy atom. The predicted molar refractivity (Wildman–Crippen MR) is 98.0 cm³/mol. The van der Waals surface area contributed by atoms with Gasteiger partial charge in [0.15, 0.2) is 6.61 Å². The monoisotopic (exact) mass is 375 g/mol. The normalized spacial score (nSPS) is 9.93. The third kappa shape index (κ3) is 5.04. The van der Waals surface area contributed by atoms with Gasteiger partial charge >= 0.3 is 5.97 Å². The lowest BCUT2D eigenvalue weighted by Crippen LogP contribution is -2.21. The van der Waals surface area contributed by atoms with Crippen LogP contribution in [-0.2, 0) is 9.53 Å². The molecule has 0 unspecified atom stereocenters. The Bertz CT molecular complexity index is 820. The first-order valence-electron chi connectivity index (χ1n) is 7.93. The van der Waals surface area contributed by atoms with E-state index in [0.717, 1.165) is 0 Å². The number of methoxy groups -OCH3 is 4. The highest BCUT2D eigenvalue weighted by molar-refractivity contribution is 5.97. The fourth-order valence-corrected chi connectivity index (χ4v) is 2.27. The summed E-state index contributed by atoms with van der Waals surface area (Å²) in [6, 6.07) is 9.61. The lowest BCUT2D eigenvalue weighted by molar-refractivity contribution is -0.119. The summed E-state index contributed by atoms with van der Waals surface area (Å²) >= 11 is 0. The maximum Gasteiger partial charge on any atom is 0.342 e. The Hall–Kier alpha value is -3.42. The molecule has 0 aliphatic rings. The van der Waals surface area contributed by atoms with Crippen LogP contribution in [0, 0.1) is 0 Å². The van der Waals surface area contributed by atoms with Crippen LogP contribution in [0.25, 0.3) is 0 Å². The molecule has 0 atom stereocenters. The highest BCUT2D eigenvalue weighted by atomic mass is 16.5. The number of anilines is 1. The Morgan fingerprint density at radius 1 is 0.815 bits per heavy atom. The number of benzene rings is 2. The molecule has 1 amide bonds. The minimum absolute atomic E-state index is 0.185. The second-order valence-electron chi connectivity index (χ2n) is 5.26. The molecule has 0 saturated heterocycles. The highest BCUT2D eigenvalue weighted by Gasteiger charge is 2.17. The van der Waals surface area contributed by atoms with E-state index in [2.05, 4.69) is 5.32 Å². The summed E-state index contributed by atoms with van der Waals surface area (Å²) in [6.07, 6.45) is 0. The zero-order chi connectivity index (χ0) is 19.8. The van der Waals surface area contributed by atoms with Gasteiger partial charge in [0.05, 0.1) is 34.1 Å². The molecule has 8 nitrogen and oxygen atoms in total. The summed E-state index contributed by atoms with van der Waals surface area (Å²) in [4.78, 5) is 24.4. The van der Waals surface area contributed by atoms with Gasteiger partial charge in [0.1, 0.15) is 28.6 Å². The average molecular weight is 375 g/mol. The van der Waals surface area contributed by atoms with Crippen molar-refractivity contribution in [2.24, 2.45) is 0 Å². The number of nitrogens with one attached hydrogen (secondary N) is 1. The van der Waals surface area contributed by atoms with Gasteiger partial charge in [-0.1, -0.05) is 0 Å². The molecule has 27 heavy (non-hydrogen) atoms. The zero-order valence-electron chi connectivity index (χ0n) is 15.5. The summed E-state index contributed by atoms with van der Waals surface area (Å²) in [5.74, 6) is 0.600. The summed E-state index contributed by atoms with van der Waals surface area (Å²) in [5, 5.41) is 2.62. The van der Waals surface area contributed by atoms with Gasteiger partial charge in [-0.05, 0) is 24.3 Å². The van der Waals surface area contributed by atoms with Gasteiger partial charge in [0, 0.05) is 12.1 Å². The summed E-state index contributed by atoms with van der Waals surface area (Å²) in [6.45, 7) is -0.478. The number of ether oxygens (including phenoxy) is 5. The van der Waals surface area contributed by atoms with Gasteiger partial charge in [-0.3, -0.25) is 4.79 Å². The number of esters is 1. The van der Waals surface area contributed by atoms with Crippen LogP contribution in [0.3, 0.4) is 0 Å². The van der Waals surface area contributed by atoms with E-state index in [-0.39, 0.29) is 11.3 Å². The summed E-state index contributed by atoms with van der Waals surface area (Å²) < 4.78 is 25.6. The Morgan fingerprint density at radius 3 is 2.07 bits per heavy atom. The molecule has 0 bridgehead atoms. The Labute approximate surface area is 156 Å². The van der Waals surface area contributed by atoms with Crippen molar-refractivity contribution >= 4 is 17.6 Å². The molecule has 0 aromatic heterocycles. The molecule has 0 fully saturated rings. The van der Waals surface area contributed by atoms with Crippen molar-refractivity contribution in [2.75, 3.05) is 40.4 Å². The molecule has 8 heteroatoms. The molecule has 0 aliphatic carbocycles. The lowest BCUT2D eigenvalue weighted by Gasteiger charge is -2.12. The van der Waals surface area contributed by atoms with Crippen LogP contribution < -0.4 is 24.3 Å². The van der Waals surface area contributed by atoms with E-state index in [9.17, 15) is 9.59 Å². The first-order chi connectivity index (χ1) is 13.0. The van der Waals surface area contributed by atoms with Crippen LogP contribution in [0.1, 0.15) is 10.4 Å². The number of carbonyl (C=O) groups is 2. The predicted octanol–water partition coefficient (Wildman–Crippen LogP) is 2.52. The van der Waals surface area contributed by atoms with Crippen molar-refractivity contribution in [3.8, 4) is 23.0 Å². The third-order valence-electron chi connectivity index (χ3n) is 3.64. The van der Waals surface area contributed by atoms with Crippen molar-refractivity contribution in [3.05, 3.63) is 42.0 Å². The molecule has 0 aliphatic heterocycles. The number of hydrogen-bond acceptors (Lipinski definition) is 7. The van der Waals surface area contributed by atoms with E-state index in [0.29, 0.717) is 22.9 Å². The molecule has 2 aromatic carbocycles. The molecular weight excluding hydrogens is 354 g/mol. The zero-order valence-corrected chi connectivity index (χ0v) is 15.5. The van der Waals surface area contributed by atoms with E-state index < -0.39 is 18.5 Å². The molecule has 0 heterocycles. The second kappa shape index (κ2) is 9.33. The fourth-order valence-electron chi connectivity index (χ4n) is 2.27. The van der Waals surface area contributed by atoms with Crippen LogP contribution in [-0.4, -0.2) is 46.9 Å². The number of carbonyl (C=O) groups excluding carboxylic acids is 2. The molecule has 0 saturated carbocycles. The topological polar surface area (TPSA) is 92.3 Å². The Kier molecular flexibility index (Phi) is 6.87. The number of rotatable bonds is 8. The summed E-state index contributed by atoms with van der Waals surface area (Å²) in [7, 11) is 5.92. The standard InChI is InChI=1S/C19H21NO7/c1-23-12-6-8-16(25-3)15(9-12)20-18(21)11-27-19(22)14-7-5-13(24-2)10-17(14)26-4/h5-10H,11H2,1-4H3,(H,20,21). The SMILES string of the molecule is COc1ccc(OC)c(NC(=O)COC(=O)c2ccc(OC)cc2OC)c1. The molecular formula is C19H21NO7. The van der Waals surface area contributed by atoms with Gasteiger partial charge < -0.3 is 29.0 Å². The largest absolute Gasteiger partial charge is 0.497 e. The highest BCUT2D eigenvalue weighted by Crippen LogP contribution is 2.29. The maximum atomic E-state index is 12.2. The molecule has 0 spiro atoms. The van der Waals surface area contributed by atoms with Crippen LogP contribution in [0.4, 0.5) is 5.69 Å². The Balaban J connectivity index is 2.03. The minimum atomic E-state index is -0.692. The maximum absolute atomic E-state index is 12.2. The van der Waals surface area contributed by atoms with Crippen molar-refractivity contribution in [1.82, 2.24) is 0 Å². The van der Waals surface area contributed by atoms with Crippen LogP contribution in [0.5, 0.6) is 23.0 Å².